The largest absolute Gasteiger partial charge is 0.377 e. The highest BCUT2D eigenvalue weighted by Gasteiger charge is 2.48. The van der Waals surface area contributed by atoms with Crippen molar-refractivity contribution >= 4 is 66.0 Å². The first kappa shape index (κ1) is 23.5. The molecule has 0 atom stereocenters. The van der Waals surface area contributed by atoms with Crippen molar-refractivity contribution in [2.45, 2.75) is 26.2 Å². The smallest absolute Gasteiger partial charge is 0.327 e. The fourth-order valence-electron chi connectivity index (χ4n) is 7.10. The van der Waals surface area contributed by atoms with Gasteiger partial charge in [-0.1, -0.05) is 163 Å². The second kappa shape index (κ2) is 8.45. The van der Waals surface area contributed by atoms with Crippen LogP contribution < -0.4 is 36.5 Å². The van der Waals surface area contributed by atoms with Crippen molar-refractivity contribution in [2.75, 3.05) is 4.81 Å². The molecule has 0 spiro atoms. The predicted octanol–water partition coefficient (Wildman–Crippen LogP) is 4.57. The van der Waals surface area contributed by atoms with E-state index >= 15 is 0 Å². The third-order valence-corrected chi connectivity index (χ3v) is 16.1. The van der Waals surface area contributed by atoms with Crippen molar-refractivity contribution in [1.29, 1.82) is 0 Å². The first-order valence-corrected chi connectivity index (χ1v) is 19.7. The first-order chi connectivity index (χ1) is 18.4. The number of hydrogen-bond donors (Lipinski definition) is 0. The molecule has 0 N–H and O–H groups in total. The van der Waals surface area contributed by atoms with Crippen LogP contribution in [-0.4, -0.2) is 23.0 Å². The lowest BCUT2D eigenvalue weighted by molar-refractivity contribution is 1.38. The zero-order valence-electron chi connectivity index (χ0n) is 22.6. The third kappa shape index (κ3) is 3.23. The maximum Gasteiger partial charge on any atom is 0.327 e. The van der Waals surface area contributed by atoms with E-state index in [0.717, 1.165) is 0 Å². The summed E-state index contributed by atoms with van der Waals surface area (Å²) in [6.45, 7) is 10.2. The topological polar surface area (TPSA) is 3.24 Å². The lowest BCUT2D eigenvalue weighted by atomic mass is 9.48. The molecule has 0 radical (unpaired) electrons. The van der Waals surface area contributed by atoms with Crippen LogP contribution in [0, 0.1) is 0 Å². The lowest BCUT2D eigenvalue weighted by Crippen LogP contribution is -2.78. The van der Waals surface area contributed by atoms with Gasteiger partial charge >= 0.3 is 6.85 Å². The molecule has 2 aliphatic heterocycles. The molecule has 0 aromatic heterocycles. The van der Waals surface area contributed by atoms with Crippen LogP contribution in [0.15, 0.2) is 121 Å². The van der Waals surface area contributed by atoms with Crippen LogP contribution in [0.5, 0.6) is 0 Å². The van der Waals surface area contributed by atoms with E-state index < -0.39 is 16.1 Å². The zero-order chi connectivity index (χ0) is 26.1. The molecular formula is C34H32BNSi2. The summed E-state index contributed by atoms with van der Waals surface area (Å²) in [6.07, 6.45) is 0. The van der Waals surface area contributed by atoms with Crippen LogP contribution in [0.3, 0.4) is 0 Å². The molecule has 1 nitrogen and oxygen atoms in total. The summed E-state index contributed by atoms with van der Waals surface area (Å²) in [6, 6.07) is 45.8. The fraction of sp³-hybridized carbons (Fsp3) is 0.118. The number of anilines is 2. The van der Waals surface area contributed by atoms with Gasteiger partial charge in [-0.05, 0) is 22.0 Å². The third-order valence-electron chi connectivity index (χ3n) is 8.99. The summed E-state index contributed by atoms with van der Waals surface area (Å²) in [5, 5.41) is 6.16. The Morgan fingerprint density at radius 1 is 0.474 bits per heavy atom. The quantitative estimate of drug-likeness (QED) is 0.308. The Morgan fingerprint density at radius 2 is 0.974 bits per heavy atom. The molecule has 0 aliphatic carbocycles. The van der Waals surface area contributed by atoms with Gasteiger partial charge in [0.05, 0.1) is 0 Å². The molecule has 0 bridgehead atoms. The Morgan fingerprint density at radius 3 is 1.63 bits per heavy atom. The van der Waals surface area contributed by atoms with Crippen molar-refractivity contribution in [3.05, 3.63) is 121 Å². The van der Waals surface area contributed by atoms with Gasteiger partial charge in [0, 0.05) is 16.9 Å². The monoisotopic (exact) mass is 521 g/mol. The maximum absolute atomic E-state index is 2.71. The van der Waals surface area contributed by atoms with Gasteiger partial charge in [-0.3, -0.25) is 0 Å². The zero-order valence-corrected chi connectivity index (χ0v) is 24.6. The first-order valence-electron chi connectivity index (χ1n) is 13.7. The van der Waals surface area contributed by atoms with Gasteiger partial charge in [0.15, 0.2) is 0 Å². The Kier molecular flexibility index (Phi) is 5.23. The molecule has 38 heavy (non-hydrogen) atoms. The second-order valence-corrected chi connectivity index (χ2v) is 20.4. The molecule has 2 aliphatic rings. The van der Waals surface area contributed by atoms with Crippen molar-refractivity contribution in [3.8, 4) is 11.1 Å². The summed E-state index contributed by atoms with van der Waals surface area (Å²) in [5.74, 6) is 0. The molecular weight excluding hydrogens is 489 g/mol. The average molecular weight is 522 g/mol. The van der Waals surface area contributed by atoms with Gasteiger partial charge < -0.3 is 4.81 Å². The van der Waals surface area contributed by atoms with Crippen molar-refractivity contribution < 1.29 is 0 Å². The second-order valence-electron chi connectivity index (χ2n) is 11.8. The molecule has 0 saturated carbocycles. The minimum Gasteiger partial charge on any atom is -0.377 e. The molecule has 0 saturated heterocycles. The van der Waals surface area contributed by atoms with E-state index in [1.54, 1.807) is 10.4 Å². The summed E-state index contributed by atoms with van der Waals surface area (Å²) in [5.41, 5.74) is 8.31. The number of para-hydroxylation sites is 2. The Balaban J connectivity index is 1.61. The highest BCUT2D eigenvalue weighted by atomic mass is 28.3. The van der Waals surface area contributed by atoms with Crippen molar-refractivity contribution in [2.24, 2.45) is 0 Å². The van der Waals surface area contributed by atoms with Crippen LogP contribution in [0.1, 0.15) is 0 Å². The molecule has 184 valence electrons. The van der Waals surface area contributed by atoms with E-state index in [1.807, 2.05) is 0 Å². The number of nitrogens with zero attached hydrogens (tertiary/aromatic N) is 1. The van der Waals surface area contributed by atoms with E-state index in [4.69, 9.17) is 0 Å². The van der Waals surface area contributed by atoms with Gasteiger partial charge in [-0.2, -0.15) is 0 Å². The van der Waals surface area contributed by atoms with Crippen molar-refractivity contribution in [1.82, 2.24) is 0 Å². The Hall–Kier alpha value is -3.60. The number of benzene rings is 5. The van der Waals surface area contributed by atoms with Gasteiger partial charge in [0.1, 0.15) is 16.1 Å². The van der Waals surface area contributed by atoms with Gasteiger partial charge in [-0.15, -0.1) is 0 Å². The van der Waals surface area contributed by atoms with Crippen LogP contribution in [0.25, 0.3) is 11.1 Å². The minimum atomic E-state index is -1.95. The SMILES string of the molecule is C[Si]1(C)c2ccccc2B(N2c3ccccc3[Si](C)(C)c3cccc(-c4ccccc4)c32)c2ccccc21. The molecule has 2 heterocycles. The number of fused-ring (bicyclic) bond motifs is 4. The molecule has 0 unspecified atom stereocenters. The molecule has 5 aromatic carbocycles. The summed E-state index contributed by atoms with van der Waals surface area (Å²) < 4.78 is 0. The summed E-state index contributed by atoms with van der Waals surface area (Å²) >= 11 is 0. The number of rotatable bonds is 2. The van der Waals surface area contributed by atoms with E-state index in [-0.39, 0.29) is 6.85 Å². The van der Waals surface area contributed by atoms with E-state index in [2.05, 4.69) is 152 Å². The summed E-state index contributed by atoms with van der Waals surface area (Å²) in [4.78, 5) is 2.71. The standard InChI is InChI=1S/C34H32BNSi2/c1-37(2)30-21-11-8-18-27(30)35(28-19-9-12-22-31(28)37)36-29-20-10-13-23-32(29)38(3,4)33-24-14-17-26(34(33)36)25-15-6-5-7-16-25/h5-24H,1-4H3. The molecule has 7 rings (SSSR count). The Labute approximate surface area is 228 Å². The predicted molar refractivity (Wildman–Crippen MR) is 172 cm³/mol. The highest BCUT2D eigenvalue weighted by Crippen LogP contribution is 2.39. The molecule has 0 amide bonds. The highest BCUT2D eigenvalue weighted by molar-refractivity contribution is 7.12. The van der Waals surface area contributed by atoms with E-state index in [0.29, 0.717) is 0 Å². The van der Waals surface area contributed by atoms with E-state index in [9.17, 15) is 0 Å². The molecule has 5 aromatic rings. The van der Waals surface area contributed by atoms with Crippen molar-refractivity contribution in [3.63, 3.8) is 0 Å². The van der Waals surface area contributed by atoms with Crippen LogP contribution in [0.2, 0.25) is 26.2 Å². The maximum atomic E-state index is 2.71. The Bertz CT molecular complexity index is 1640. The van der Waals surface area contributed by atoms with Gasteiger partial charge in [0.2, 0.25) is 0 Å². The van der Waals surface area contributed by atoms with Crippen LogP contribution in [0.4, 0.5) is 11.4 Å². The number of hydrogen-bond acceptors (Lipinski definition) is 1. The van der Waals surface area contributed by atoms with Gasteiger partial charge in [0.25, 0.3) is 0 Å². The normalized spacial score (nSPS) is 16.2. The average Bonchev–Trinajstić information content (AvgIpc) is 2.95. The minimum absolute atomic E-state index is 0.123. The summed E-state index contributed by atoms with van der Waals surface area (Å²) in [7, 11) is -3.79. The van der Waals surface area contributed by atoms with E-state index in [1.165, 1.54) is 43.8 Å². The molecule has 0 fully saturated rings. The fourth-order valence-corrected chi connectivity index (χ4v) is 13.3. The molecule has 4 heteroatoms. The lowest BCUT2D eigenvalue weighted by Gasteiger charge is -2.48. The van der Waals surface area contributed by atoms with Crippen LogP contribution in [-0.2, 0) is 0 Å². The van der Waals surface area contributed by atoms with Crippen LogP contribution >= 0.6 is 0 Å². The van der Waals surface area contributed by atoms with Gasteiger partial charge in [-0.25, -0.2) is 0 Å².